The van der Waals surface area contributed by atoms with Crippen molar-refractivity contribution < 1.29 is 8.42 Å². The first-order valence-electron chi connectivity index (χ1n) is 8.40. The Bertz CT molecular complexity index is 393. The van der Waals surface area contributed by atoms with Crippen molar-refractivity contribution >= 4 is 9.84 Å². The van der Waals surface area contributed by atoms with Gasteiger partial charge >= 0.3 is 0 Å². The second kappa shape index (κ2) is 7.26. The summed E-state index contributed by atoms with van der Waals surface area (Å²) in [4.78, 5) is 0. The quantitative estimate of drug-likeness (QED) is 0.820. The van der Waals surface area contributed by atoms with Gasteiger partial charge in [0.05, 0.1) is 5.75 Å². The molecule has 0 aromatic heterocycles. The van der Waals surface area contributed by atoms with Crippen molar-refractivity contribution in [3.63, 3.8) is 0 Å². The second-order valence-electron chi connectivity index (χ2n) is 6.96. The van der Waals surface area contributed by atoms with Crippen LogP contribution in [-0.4, -0.2) is 33.0 Å². The number of rotatable bonds is 6. The normalized spacial score (nSPS) is 32.6. The van der Waals surface area contributed by atoms with E-state index in [-0.39, 0.29) is 0 Å². The Balaban J connectivity index is 1.91. The standard InChI is InChI=1S/C16H31NO2S/c1-3-17-16(10-11-20(2,18)19)15-9-8-13-6-4-5-7-14(13)12-15/h13-17H,3-12H2,1-2H3. The van der Waals surface area contributed by atoms with Gasteiger partial charge in [-0.15, -0.1) is 0 Å². The molecule has 2 rings (SSSR count). The zero-order valence-corrected chi connectivity index (χ0v) is 13.9. The van der Waals surface area contributed by atoms with Gasteiger partial charge in [0.1, 0.15) is 9.84 Å². The van der Waals surface area contributed by atoms with E-state index in [4.69, 9.17) is 0 Å². The lowest BCUT2D eigenvalue weighted by Gasteiger charge is -2.42. The van der Waals surface area contributed by atoms with Gasteiger partial charge in [0.2, 0.25) is 0 Å². The molecule has 0 spiro atoms. The summed E-state index contributed by atoms with van der Waals surface area (Å²) in [6.45, 7) is 3.07. The Hall–Kier alpha value is -0.0900. The van der Waals surface area contributed by atoms with Crippen LogP contribution in [-0.2, 0) is 9.84 Å². The van der Waals surface area contributed by atoms with Gasteiger partial charge in [-0.1, -0.05) is 32.6 Å². The molecule has 1 N–H and O–H groups in total. The van der Waals surface area contributed by atoms with Gasteiger partial charge in [0.25, 0.3) is 0 Å². The van der Waals surface area contributed by atoms with Crippen molar-refractivity contribution in [2.75, 3.05) is 18.6 Å². The minimum Gasteiger partial charge on any atom is -0.314 e. The Morgan fingerprint density at radius 3 is 2.45 bits per heavy atom. The Morgan fingerprint density at radius 2 is 1.80 bits per heavy atom. The number of sulfone groups is 1. The molecule has 4 heteroatoms. The fourth-order valence-corrected chi connectivity index (χ4v) is 5.06. The van der Waals surface area contributed by atoms with Gasteiger partial charge in [-0.25, -0.2) is 8.42 Å². The zero-order chi connectivity index (χ0) is 14.6. The highest BCUT2D eigenvalue weighted by Crippen LogP contribution is 2.43. The first-order valence-corrected chi connectivity index (χ1v) is 10.5. The maximum absolute atomic E-state index is 11.4. The van der Waals surface area contributed by atoms with E-state index in [2.05, 4.69) is 12.2 Å². The summed E-state index contributed by atoms with van der Waals surface area (Å²) in [6.07, 6.45) is 11.8. The molecule has 2 fully saturated rings. The van der Waals surface area contributed by atoms with Crippen LogP contribution in [0.3, 0.4) is 0 Å². The molecule has 0 amide bonds. The van der Waals surface area contributed by atoms with E-state index in [1.54, 1.807) is 0 Å². The SMILES string of the molecule is CCNC(CCS(C)(=O)=O)C1CCC2CCCCC2C1. The molecule has 2 saturated carbocycles. The summed E-state index contributed by atoms with van der Waals surface area (Å²) in [5.41, 5.74) is 0. The molecule has 20 heavy (non-hydrogen) atoms. The third kappa shape index (κ3) is 4.73. The predicted octanol–water partition coefficient (Wildman–Crippen LogP) is 3.01. The van der Waals surface area contributed by atoms with E-state index < -0.39 is 9.84 Å². The van der Waals surface area contributed by atoms with E-state index in [0.29, 0.717) is 17.7 Å². The van der Waals surface area contributed by atoms with Crippen LogP contribution in [0.5, 0.6) is 0 Å². The predicted molar refractivity (Wildman–Crippen MR) is 84.6 cm³/mol. The fourth-order valence-electron chi connectivity index (χ4n) is 4.38. The second-order valence-corrected chi connectivity index (χ2v) is 9.22. The molecule has 0 heterocycles. The largest absolute Gasteiger partial charge is 0.314 e. The van der Waals surface area contributed by atoms with Crippen molar-refractivity contribution in [3.8, 4) is 0 Å². The lowest BCUT2D eigenvalue weighted by molar-refractivity contribution is 0.109. The number of hydrogen-bond acceptors (Lipinski definition) is 3. The highest BCUT2D eigenvalue weighted by Gasteiger charge is 2.35. The lowest BCUT2D eigenvalue weighted by Crippen LogP contribution is -2.42. The maximum atomic E-state index is 11.4. The molecule has 0 aromatic carbocycles. The topological polar surface area (TPSA) is 46.2 Å². The highest BCUT2D eigenvalue weighted by atomic mass is 32.2. The molecular weight excluding hydrogens is 270 g/mol. The number of fused-ring (bicyclic) bond motifs is 1. The van der Waals surface area contributed by atoms with Gasteiger partial charge in [0, 0.05) is 12.3 Å². The van der Waals surface area contributed by atoms with Crippen LogP contribution in [0.2, 0.25) is 0 Å². The minimum absolute atomic E-state index is 0.329. The van der Waals surface area contributed by atoms with E-state index in [1.807, 2.05) is 0 Å². The monoisotopic (exact) mass is 301 g/mol. The maximum Gasteiger partial charge on any atom is 0.147 e. The van der Waals surface area contributed by atoms with Gasteiger partial charge in [-0.2, -0.15) is 0 Å². The molecule has 2 aliphatic carbocycles. The summed E-state index contributed by atoms with van der Waals surface area (Å²) in [7, 11) is -2.84. The molecule has 0 saturated heterocycles. The number of nitrogens with one attached hydrogen (secondary N) is 1. The van der Waals surface area contributed by atoms with Crippen LogP contribution in [0, 0.1) is 17.8 Å². The summed E-state index contributed by atoms with van der Waals surface area (Å²) in [6, 6.07) is 0.401. The van der Waals surface area contributed by atoms with E-state index in [0.717, 1.165) is 24.8 Å². The molecule has 118 valence electrons. The highest BCUT2D eigenvalue weighted by molar-refractivity contribution is 7.90. The first kappa shape index (κ1) is 16.3. The summed E-state index contributed by atoms with van der Waals surface area (Å²) < 4.78 is 22.8. The van der Waals surface area contributed by atoms with E-state index >= 15 is 0 Å². The Morgan fingerprint density at radius 1 is 1.10 bits per heavy atom. The van der Waals surface area contributed by atoms with E-state index in [1.165, 1.54) is 51.2 Å². The van der Waals surface area contributed by atoms with Crippen LogP contribution < -0.4 is 5.32 Å². The van der Waals surface area contributed by atoms with Crippen molar-refractivity contribution in [2.24, 2.45) is 17.8 Å². The molecule has 0 aromatic rings. The van der Waals surface area contributed by atoms with Crippen LogP contribution in [0.15, 0.2) is 0 Å². The molecule has 4 atom stereocenters. The average Bonchev–Trinajstić information content (AvgIpc) is 2.42. The van der Waals surface area contributed by atoms with Gasteiger partial charge in [-0.05, 0) is 50.0 Å². The molecule has 0 radical (unpaired) electrons. The Kier molecular flexibility index (Phi) is 5.91. The van der Waals surface area contributed by atoms with Gasteiger partial charge in [0.15, 0.2) is 0 Å². The van der Waals surface area contributed by atoms with Crippen LogP contribution in [0.1, 0.15) is 58.3 Å². The fraction of sp³-hybridized carbons (Fsp3) is 1.00. The zero-order valence-electron chi connectivity index (χ0n) is 13.1. The lowest BCUT2D eigenvalue weighted by atomic mass is 9.66. The summed E-state index contributed by atoms with van der Waals surface area (Å²) >= 11 is 0. The number of hydrogen-bond donors (Lipinski definition) is 1. The van der Waals surface area contributed by atoms with Crippen molar-refractivity contribution in [1.29, 1.82) is 0 Å². The smallest absolute Gasteiger partial charge is 0.147 e. The molecule has 4 unspecified atom stereocenters. The third-order valence-electron chi connectivity index (χ3n) is 5.42. The molecule has 0 aliphatic heterocycles. The Labute approximate surface area is 124 Å². The van der Waals surface area contributed by atoms with Gasteiger partial charge in [-0.3, -0.25) is 0 Å². The van der Waals surface area contributed by atoms with Crippen molar-refractivity contribution in [1.82, 2.24) is 5.32 Å². The molecule has 0 bridgehead atoms. The van der Waals surface area contributed by atoms with Crippen LogP contribution >= 0.6 is 0 Å². The molecule has 2 aliphatic rings. The molecular formula is C16H31NO2S. The molecule has 3 nitrogen and oxygen atoms in total. The third-order valence-corrected chi connectivity index (χ3v) is 6.39. The van der Waals surface area contributed by atoms with Crippen LogP contribution in [0.4, 0.5) is 0 Å². The van der Waals surface area contributed by atoms with Crippen molar-refractivity contribution in [3.05, 3.63) is 0 Å². The average molecular weight is 301 g/mol. The van der Waals surface area contributed by atoms with Gasteiger partial charge < -0.3 is 5.32 Å². The summed E-state index contributed by atoms with van der Waals surface area (Å²) in [5.74, 6) is 2.91. The van der Waals surface area contributed by atoms with Crippen LogP contribution in [0.25, 0.3) is 0 Å². The summed E-state index contributed by atoms with van der Waals surface area (Å²) in [5, 5.41) is 3.56. The minimum atomic E-state index is -2.84. The van der Waals surface area contributed by atoms with E-state index in [9.17, 15) is 8.42 Å². The van der Waals surface area contributed by atoms with Crippen molar-refractivity contribution in [2.45, 2.75) is 64.3 Å². The first-order chi connectivity index (χ1) is 9.49.